The van der Waals surface area contributed by atoms with E-state index in [4.69, 9.17) is 4.74 Å². The molecular formula is C12H13NO3. The lowest BCUT2D eigenvalue weighted by atomic mass is 10.3. The van der Waals surface area contributed by atoms with Crippen molar-refractivity contribution in [2.75, 3.05) is 4.90 Å². The molecule has 1 heterocycles. The van der Waals surface area contributed by atoms with E-state index < -0.39 is 6.23 Å². The van der Waals surface area contributed by atoms with Crippen molar-refractivity contribution in [1.82, 2.24) is 0 Å². The van der Waals surface area contributed by atoms with E-state index in [-0.39, 0.29) is 11.9 Å². The quantitative estimate of drug-likeness (QED) is 0.711. The number of carbonyl (C=O) groups excluding carboxylic acids is 2. The molecule has 84 valence electrons. The molecule has 1 aliphatic heterocycles. The van der Waals surface area contributed by atoms with Crippen LogP contribution in [-0.2, 0) is 14.3 Å². The zero-order valence-corrected chi connectivity index (χ0v) is 9.05. The number of hydrogen-bond donors (Lipinski definition) is 0. The lowest BCUT2D eigenvalue weighted by Crippen LogP contribution is -2.35. The van der Waals surface area contributed by atoms with E-state index in [1.165, 1.54) is 6.92 Å². The second kappa shape index (κ2) is 4.35. The average molecular weight is 219 g/mol. The van der Waals surface area contributed by atoms with Crippen LogP contribution in [0.1, 0.15) is 19.8 Å². The number of para-hydroxylation sites is 1. The molecule has 0 N–H and O–H groups in total. The Morgan fingerprint density at radius 2 is 2.06 bits per heavy atom. The fraction of sp³-hybridized carbons (Fsp3) is 0.333. The van der Waals surface area contributed by atoms with Crippen molar-refractivity contribution in [2.24, 2.45) is 0 Å². The summed E-state index contributed by atoms with van der Waals surface area (Å²) in [6, 6.07) is 9.25. The first-order valence-electron chi connectivity index (χ1n) is 5.23. The lowest BCUT2D eigenvalue weighted by molar-refractivity contribution is -0.145. The highest BCUT2D eigenvalue weighted by Crippen LogP contribution is 2.26. The number of benzene rings is 1. The van der Waals surface area contributed by atoms with Crippen LogP contribution >= 0.6 is 0 Å². The molecule has 1 atom stereocenters. The molecule has 0 aromatic heterocycles. The van der Waals surface area contributed by atoms with E-state index in [1.54, 1.807) is 4.90 Å². The summed E-state index contributed by atoms with van der Waals surface area (Å²) in [4.78, 5) is 24.2. The van der Waals surface area contributed by atoms with Gasteiger partial charge >= 0.3 is 5.97 Å². The van der Waals surface area contributed by atoms with Crippen molar-refractivity contribution in [2.45, 2.75) is 26.0 Å². The van der Waals surface area contributed by atoms with Crippen LogP contribution in [0.5, 0.6) is 0 Å². The fourth-order valence-electron chi connectivity index (χ4n) is 1.86. The van der Waals surface area contributed by atoms with E-state index in [2.05, 4.69) is 0 Å². The molecule has 16 heavy (non-hydrogen) atoms. The molecule has 0 bridgehead atoms. The first kappa shape index (κ1) is 10.7. The van der Waals surface area contributed by atoms with Gasteiger partial charge in [0.15, 0.2) is 6.23 Å². The third-order valence-electron chi connectivity index (χ3n) is 2.50. The number of carbonyl (C=O) groups is 2. The molecule has 1 fully saturated rings. The zero-order chi connectivity index (χ0) is 11.5. The number of rotatable bonds is 2. The first-order valence-corrected chi connectivity index (χ1v) is 5.23. The molecule has 1 aromatic carbocycles. The molecule has 4 heteroatoms. The third-order valence-corrected chi connectivity index (χ3v) is 2.50. The molecule has 1 saturated heterocycles. The van der Waals surface area contributed by atoms with Gasteiger partial charge in [-0.1, -0.05) is 18.2 Å². The van der Waals surface area contributed by atoms with Gasteiger partial charge in [-0.05, 0) is 12.1 Å². The predicted octanol–water partition coefficient (Wildman–Crippen LogP) is 1.70. The van der Waals surface area contributed by atoms with Crippen LogP contribution in [0.15, 0.2) is 30.3 Å². The van der Waals surface area contributed by atoms with Gasteiger partial charge in [0.05, 0.1) is 0 Å². The van der Waals surface area contributed by atoms with E-state index in [9.17, 15) is 9.59 Å². The average Bonchev–Trinajstić information content (AvgIpc) is 2.60. The SMILES string of the molecule is CC(=O)OC1CCC(=O)N1c1ccccc1. The Hall–Kier alpha value is -1.84. The minimum Gasteiger partial charge on any atom is -0.441 e. The van der Waals surface area contributed by atoms with Crippen molar-refractivity contribution in [3.05, 3.63) is 30.3 Å². The van der Waals surface area contributed by atoms with Gasteiger partial charge in [-0.3, -0.25) is 14.5 Å². The maximum Gasteiger partial charge on any atom is 0.304 e. The Bertz CT molecular complexity index is 402. The van der Waals surface area contributed by atoms with Crippen molar-refractivity contribution in [3.8, 4) is 0 Å². The largest absolute Gasteiger partial charge is 0.441 e. The predicted molar refractivity (Wildman–Crippen MR) is 58.7 cm³/mol. The Morgan fingerprint density at radius 3 is 2.69 bits per heavy atom. The van der Waals surface area contributed by atoms with Gasteiger partial charge in [0.2, 0.25) is 5.91 Å². The summed E-state index contributed by atoms with van der Waals surface area (Å²) < 4.78 is 5.11. The summed E-state index contributed by atoms with van der Waals surface area (Å²) in [5.74, 6) is -0.363. The van der Waals surface area contributed by atoms with Crippen LogP contribution < -0.4 is 4.90 Å². The maximum atomic E-state index is 11.7. The monoisotopic (exact) mass is 219 g/mol. The van der Waals surface area contributed by atoms with E-state index in [0.717, 1.165) is 5.69 Å². The Labute approximate surface area is 93.8 Å². The van der Waals surface area contributed by atoms with Crippen molar-refractivity contribution >= 4 is 17.6 Å². The topological polar surface area (TPSA) is 46.6 Å². The molecule has 4 nitrogen and oxygen atoms in total. The number of hydrogen-bond acceptors (Lipinski definition) is 3. The van der Waals surface area contributed by atoms with Crippen LogP contribution in [0.25, 0.3) is 0 Å². The Kier molecular flexibility index (Phi) is 2.90. The van der Waals surface area contributed by atoms with E-state index >= 15 is 0 Å². The van der Waals surface area contributed by atoms with Gasteiger partial charge in [-0.2, -0.15) is 0 Å². The summed E-state index contributed by atoms with van der Waals surface area (Å²) >= 11 is 0. The Morgan fingerprint density at radius 1 is 1.38 bits per heavy atom. The maximum absolute atomic E-state index is 11.7. The smallest absolute Gasteiger partial charge is 0.304 e. The molecule has 1 unspecified atom stereocenters. The van der Waals surface area contributed by atoms with E-state index in [0.29, 0.717) is 12.8 Å². The minimum atomic E-state index is -0.451. The van der Waals surface area contributed by atoms with Gasteiger partial charge < -0.3 is 4.74 Å². The highest BCUT2D eigenvalue weighted by Gasteiger charge is 2.34. The molecule has 0 saturated carbocycles. The van der Waals surface area contributed by atoms with E-state index in [1.807, 2.05) is 30.3 Å². The third kappa shape index (κ3) is 2.05. The summed E-state index contributed by atoms with van der Waals surface area (Å²) in [7, 11) is 0. The molecule has 2 rings (SSSR count). The molecular weight excluding hydrogens is 206 g/mol. The molecule has 0 spiro atoms. The van der Waals surface area contributed by atoms with Crippen LogP contribution in [0.2, 0.25) is 0 Å². The van der Waals surface area contributed by atoms with Crippen LogP contribution in [0.4, 0.5) is 5.69 Å². The highest BCUT2D eigenvalue weighted by molar-refractivity contribution is 5.96. The van der Waals surface area contributed by atoms with Crippen molar-refractivity contribution in [3.63, 3.8) is 0 Å². The molecule has 0 aliphatic carbocycles. The van der Waals surface area contributed by atoms with Crippen LogP contribution in [-0.4, -0.2) is 18.1 Å². The van der Waals surface area contributed by atoms with Crippen molar-refractivity contribution in [1.29, 1.82) is 0 Å². The number of amides is 1. The number of nitrogens with zero attached hydrogens (tertiary/aromatic N) is 1. The zero-order valence-electron chi connectivity index (χ0n) is 9.05. The standard InChI is InChI=1S/C12H13NO3/c1-9(14)16-12-8-7-11(15)13(12)10-5-3-2-4-6-10/h2-6,12H,7-8H2,1H3. The number of anilines is 1. The van der Waals surface area contributed by atoms with Crippen LogP contribution in [0, 0.1) is 0 Å². The van der Waals surface area contributed by atoms with Gasteiger partial charge in [0.25, 0.3) is 0 Å². The van der Waals surface area contributed by atoms with Crippen molar-refractivity contribution < 1.29 is 14.3 Å². The lowest BCUT2D eigenvalue weighted by Gasteiger charge is -2.23. The highest BCUT2D eigenvalue weighted by atomic mass is 16.6. The Balaban J connectivity index is 2.23. The van der Waals surface area contributed by atoms with Gasteiger partial charge in [0.1, 0.15) is 0 Å². The van der Waals surface area contributed by atoms with Gasteiger partial charge in [-0.15, -0.1) is 0 Å². The van der Waals surface area contributed by atoms with Gasteiger partial charge in [0, 0.05) is 25.5 Å². The van der Waals surface area contributed by atoms with Crippen LogP contribution in [0.3, 0.4) is 0 Å². The molecule has 1 aromatic rings. The normalized spacial score (nSPS) is 19.9. The summed E-state index contributed by atoms with van der Waals surface area (Å²) in [6.45, 7) is 1.35. The molecule has 1 aliphatic rings. The summed E-state index contributed by atoms with van der Waals surface area (Å²) in [5.41, 5.74) is 0.774. The first-order chi connectivity index (χ1) is 7.68. The molecule has 0 radical (unpaired) electrons. The second-order valence-corrected chi connectivity index (χ2v) is 3.70. The fourth-order valence-corrected chi connectivity index (χ4v) is 1.86. The van der Waals surface area contributed by atoms with Gasteiger partial charge in [-0.25, -0.2) is 0 Å². The molecule has 1 amide bonds. The summed E-state index contributed by atoms with van der Waals surface area (Å²) in [5, 5.41) is 0. The number of ether oxygens (including phenoxy) is 1. The second-order valence-electron chi connectivity index (χ2n) is 3.70. The minimum absolute atomic E-state index is 0.00236. The number of esters is 1. The summed E-state index contributed by atoms with van der Waals surface area (Å²) in [6.07, 6.45) is 0.535.